The van der Waals surface area contributed by atoms with Crippen LogP contribution in [0.25, 0.3) is 11.0 Å². The van der Waals surface area contributed by atoms with Crippen molar-refractivity contribution in [2.24, 2.45) is 7.05 Å². The minimum absolute atomic E-state index is 1.01. The molecule has 0 amide bonds. The average Bonchev–Trinajstić information content (AvgIpc) is 2.73. The molecule has 0 aliphatic carbocycles. The predicted octanol–water partition coefficient (Wildman–Crippen LogP) is 0.378. The SMILES string of the molecule is Cn1cnc2ccnc(N3CCNCC3)c21. The van der Waals surface area contributed by atoms with E-state index < -0.39 is 0 Å². The highest BCUT2D eigenvalue weighted by Gasteiger charge is 2.16. The van der Waals surface area contributed by atoms with E-state index in [-0.39, 0.29) is 0 Å². The molecule has 1 aliphatic heterocycles. The Kier molecular flexibility index (Phi) is 2.25. The Labute approximate surface area is 94.1 Å². The quantitative estimate of drug-likeness (QED) is 0.750. The van der Waals surface area contributed by atoms with Crippen LogP contribution in [0.5, 0.6) is 0 Å². The monoisotopic (exact) mass is 217 g/mol. The third kappa shape index (κ3) is 1.44. The molecule has 0 bridgehead atoms. The van der Waals surface area contributed by atoms with Crippen molar-refractivity contribution >= 4 is 16.9 Å². The van der Waals surface area contributed by atoms with Crippen LogP contribution in [0.3, 0.4) is 0 Å². The zero-order chi connectivity index (χ0) is 11.0. The molecule has 0 saturated carbocycles. The number of piperazine rings is 1. The van der Waals surface area contributed by atoms with E-state index in [1.54, 1.807) is 0 Å². The van der Waals surface area contributed by atoms with Gasteiger partial charge in [-0.3, -0.25) is 0 Å². The predicted molar refractivity (Wildman–Crippen MR) is 63.6 cm³/mol. The number of hydrogen-bond donors (Lipinski definition) is 1. The zero-order valence-corrected chi connectivity index (χ0v) is 9.35. The highest BCUT2D eigenvalue weighted by Crippen LogP contribution is 2.22. The van der Waals surface area contributed by atoms with Crippen molar-refractivity contribution in [3.05, 3.63) is 18.6 Å². The summed E-state index contributed by atoms with van der Waals surface area (Å²) < 4.78 is 2.04. The van der Waals surface area contributed by atoms with E-state index in [0.717, 1.165) is 43.0 Å². The number of rotatable bonds is 1. The largest absolute Gasteiger partial charge is 0.352 e. The van der Waals surface area contributed by atoms with Gasteiger partial charge in [0.25, 0.3) is 0 Å². The second-order valence-corrected chi connectivity index (χ2v) is 4.09. The van der Waals surface area contributed by atoms with Gasteiger partial charge in [0.05, 0.1) is 11.8 Å². The highest BCUT2D eigenvalue weighted by atomic mass is 15.2. The molecule has 3 rings (SSSR count). The maximum Gasteiger partial charge on any atom is 0.154 e. The molecule has 0 spiro atoms. The van der Waals surface area contributed by atoms with Gasteiger partial charge in [-0.2, -0.15) is 0 Å². The molecule has 1 saturated heterocycles. The van der Waals surface area contributed by atoms with E-state index in [0.29, 0.717) is 0 Å². The first-order valence-electron chi connectivity index (χ1n) is 5.58. The van der Waals surface area contributed by atoms with E-state index in [1.807, 2.05) is 30.2 Å². The van der Waals surface area contributed by atoms with Crippen molar-refractivity contribution in [1.82, 2.24) is 19.9 Å². The van der Waals surface area contributed by atoms with Crippen LogP contribution in [0, 0.1) is 0 Å². The van der Waals surface area contributed by atoms with Gasteiger partial charge < -0.3 is 14.8 Å². The summed E-state index contributed by atoms with van der Waals surface area (Å²) in [5.41, 5.74) is 2.15. The molecule has 3 heterocycles. The van der Waals surface area contributed by atoms with E-state index in [9.17, 15) is 0 Å². The zero-order valence-electron chi connectivity index (χ0n) is 9.35. The number of hydrogen-bond acceptors (Lipinski definition) is 4. The topological polar surface area (TPSA) is 46.0 Å². The van der Waals surface area contributed by atoms with Crippen molar-refractivity contribution in [2.75, 3.05) is 31.1 Å². The first-order valence-corrected chi connectivity index (χ1v) is 5.58. The Morgan fingerprint density at radius 1 is 1.25 bits per heavy atom. The Balaban J connectivity index is 2.10. The van der Waals surface area contributed by atoms with Gasteiger partial charge >= 0.3 is 0 Å². The molecule has 1 fully saturated rings. The van der Waals surface area contributed by atoms with Gasteiger partial charge in [-0.15, -0.1) is 0 Å². The van der Waals surface area contributed by atoms with Crippen LogP contribution in [-0.4, -0.2) is 40.7 Å². The number of imidazole rings is 1. The molecule has 1 N–H and O–H groups in total. The second-order valence-electron chi connectivity index (χ2n) is 4.09. The number of anilines is 1. The van der Waals surface area contributed by atoms with E-state index in [2.05, 4.69) is 20.2 Å². The van der Waals surface area contributed by atoms with E-state index in [4.69, 9.17) is 0 Å². The van der Waals surface area contributed by atoms with Gasteiger partial charge in [-0.1, -0.05) is 0 Å². The van der Waals surface area contributed by atoms with Gasteiger partial charge in [0.15, 0.2) is 5.82 Å². The smallest absolute Gasteiger partial charge is 0.154 e. The van der Waals surface area contributed by atoms with Gasteiger partial charge in [0.2, 0.25) is 0 Å². The number of aryl methyl sites for hydroxylation is 1. The first-order chi connectivity index (χ1) is 7.86. The van der Waals surface area contributed by atoms with Crippen LogP contribution in [0.4, 0.5) is 5.82 Å². The molecule has 16 heavy (non-hydrogen) atoms. The summed E-state index contributed by atoms with van der Waals surface area (Å²) in [5, 5.41) is 3.35. The summed E-state index contributed by atoms with van der Waals surface area (Å²) in [6, 6.07) is 1.96. The van der Waals surface area contributed by atoms with Crippen LogP contribution in [0.15, 0.2) is 18.6 Å². The number of aromatic nitrogens is 3. The highest BCUT2D eigenvalue weighted by molar-refractivity contribution is 5.86. The fourth-order valence-electron chi connectivity index (χ4n) is 2.19. The Hall–Kier alpha value is -1.62. The molecular formula is C11H15N5. The maximum absolute atomic E-state index is 4.50. The Bertz CT molecular complexity index is 498. The van der Waals surface area contributed by atoms with Crippen LogP contribution in [-0.2, 0) is 7.05 Å². The van der Waals surface area contributed by atoms with Crippen molar-refractivity contribution in [3.8, 4) is 0 Å². The normalized spacial score (nSPS) is 16.9. The summed E-state index contributed by atoms with van der Waals surface area (Å²) in [7, 11) is 2.02. The summed E-state index contributed by atoms with van der Waals surface area (Å²) in [6.07, 6.45) is 3.69. The van der Waals surface area contributed by atoms with E-state index in [1.165, 1.54) is 0 Å². The number of pyridine rings is 1. The summed E-state index contributed by atoms with van der Waals surface area (Å²) >= 11 is 0. The lowest BCUT2D eigenvalue weighted by atomic mass is 10.3. The van der Waals surface area contributed by atoms with E-state index >= 15 is 0 Å². The molecule has 0 aromatic carbocycles. The lowest BCUT2D eigenvalue weighted by Gasteiger charge is -2.28. The standard InChI is InChI=1S/C11H15N5/c1-15-8-14-9-2-3-13-11(10(9)15)16-6-4-12-5-7-16/h2-3,8,12H,4-7H2,1H3. The van der Waals surface area contributed by atoms with Gasteiger partial charge in [-0.05, 0) is 6.07 Å². The number of nitrogens with zero attached hydrogens (tertiary/aromatic N) is 4. The van der Waals surface area contributed by atoms with Crippen LogP contribution in [0.2, 0.25) is 0 Å². The van der Waals surface area contributed by atoms with Crippen molar-refractivity contribution in [3.63, 3.8) is 0 Å². The summed E-state index contributed by atoms with van der Waals surface area (Å²) in [5.74, 6) is 1.05. The Morgan fingerprint density at radius 2 is 2.06 bits per heavy atom. The molecule has 0 unspecified atom stereocenters. The molecule has 0 radical (unpaired) electrons. The molecule has 2 aromatic heterocycles. The van der Waals surface area contributed by atoms with Crippen LogP contribution >= 0.6 is 0 Å². The molecule has 2 aromatic rings. The van der Waals surface area contributed by atoms with Crippen LogP contribution in [0.1, 0.15) is 0 Å². The number of nitrogens with one attached hydrogen (secondary N) is 1. The Morgan fingerprint density at radius 3 is 2.88 bits per heavy atom. The van der Waals surface area contributed by atoms with Crippen LogP contribution < -0.4 is 10.2 Å². The fourth-order valence-corrected chi connectivity index (χ4v) is 2.19. The first kappa shape index (κ1) is 9.59. The molecule has 5 heteroatoms. The molecule has 1 aliphatic rings. The van der Waals surface area contributed by atoms with Crippen molar-refractivity contribution in [1.29, 1.82) is 0 Å². The fraction of sp³-hybridized carbons (Fsp3) is 0.455. The minimum Gasteiger partial charge on any atom is -0.352 e. The lowest BCUT2D eigenvalue weighted by molar-refractivity contribution is 0.585. The van der Waals surface area contributed by atoms with Crippen molar-refractivity contribution < 1.29 is 0 Å². The molecular weight excluding hydrogens is 202 g/mol. The van der Waals surface area contributed by atoms with Gasteiger partial charge in [-0.25, -0.2) is 9.97 Å². The molecule has 5 nitrogen and oxygen atoms in total. The maximum atomic E-state index is 4.50. The second kappa shape index (κ2) is 3.75. The minimum atomic E-state index is 1.01. The third-order valence-electron chi connectivity index (χ3n) is 3.02. The van der Waals surface area contributed by atoms with Gasteiger partial charge in [0, 0.05) is 39.4 Å². The van der Waals surface area contributed by atoms with Crippen molar-refractivity contribution in [2.45, 2.75) is 0 Å². The summed E-state index contributed by atoms with van der Waals surface area (Å²) in [4.78, 5) is 11.2. The van der Waals surface area contributed by atoms with Gasteiger partial charge in [0.1, 0.15) is 5.52 Å². The molecule has 0 atom stereocenters. The third-order valence-corrected chi connectivity index (χ3v) is 3.02. The number of fused-ring (bicyclic) bond motifs is 1. The lowest BCUT2D eigenvalue weighted by Crippen LogP contribution is -2.44. The molecule has 84 valence electrons. The average molecular weight is 217 g/mol. The summed E-state index contributed by atoms with van der Waals surface area (Å²) in [6.45, 7) is 4.07.